The van der Waals surface area contributed by atoms with Gasteiger partial charge in [0.25, 0.3) is 0 Å². The minimum Gasteiger partial charge on any atom is -0.386 e. The molecule has 0 aliphatic heterocycles. The largest absolute Gasteiger partial charge is 0.386 e. The van der Waals surface area contributed by atoms with Crippen LogP contribution < -0.4 is 5.32 Å². The highest BCUT2D eigenvalue weighted by molar-refractivity contribution is 7.78. The number of thiophene rings is 1. The number of hydrogen-bond acceptors (Lipinski definition) is 4. The molecule has 138 valence electrons. The van der Waals surface area contributed by atoms with E-state index < -0.39 is 22.2 Å². The summed E-state index contributed by atoms with van der Waals surface area (Å²) in [7, 11) is -2.17. The van der Waals surface area contributed by atoms with Crippen molar-refractivity contribution in [3.8, 4) is 0 Å². The van der Waals surface area contributed by atoms with Crippen molar-refractivity contribution in [3.63, 3.8) is 0 Å². The Balaban J connectivity index is 1.57. The number of aliphatic hydroxyl groups is 1. The van der Waals surface area contributed by atoms with Gasteiger partial charge in [-0.3, -0.25) is 0 Å². The number of carbonyl (C=O) groups excluding carboxylic acids is 1. The maximum absolute atomic E-state index is 12.4. The van der Waals surface area contributed by atoms with Crippen LogP contribution in [-0.2, 0) is 41.9 Å². The third-order valence-corrected chi connectivity index (χ3v) is 7.52. The highest BCUT2D eigenvalue weighted by Gasteiger charge is 2.26. The molecule has 0 saturated heterocycles. The summed E-state index contributed by atoms with van der Waals surface area (Å²) < 4.78 is 16.8. The third-order valence-electron chi connectivity index (χ3n) is 5.14. The van der Waals surface area contributed by atoms with E-state index in [-0.39, 0.29) is 0 Å². The van der Waals surface area contributed by atoms with Gasteiger partial charge in [0.15, 0.2) is 0 Å². The zero-order chi connectivity index (χ0) is 18.5. The van der Waals surface area contributed by atoms with Crippen LogP contribution in [0.3, 0.4) is 0 Å². The molecule has 1 aromatic heterocycles. The van der Waals surface area contributed by atoms with Gasteiger partial charge in [-0.1, -0.05) is 6.07 Å². The molecule has 0 saturated carbocycles. The quantitative estimate of drug-likeness (QED) is 0.697. The third kappa shape index (κ3) is 3.19. The molecule has 26 heavy (non-hydrogen) atoms. The molecule has 0 spiro atoms. The van der Waals surface area contributed by atoms with Gasteiger partial charge in [-0.2, -0.15) is 0 Å². The van der Waals surface area contributed by atoms with Gasteiger partial charge in [0.1, 0.15) is 0 Å². The number of rotatable bonds is 3. The van der Waals surface area contributed by atoms with Gasteiger partial charge >= 0.3 is 6.03 Å². The minimum atomic E-state index is -2.17. The molecule has 2 aliphatic rings. The average molecular weight is 391 g/mol. The molecule has 2 aromatic rings. The number of nitrogens with zero attached hydrogens (tertiary/aromatic N) is 1. The lowest BCUT2D eigenvalue weighted by Gasteiger charge is -2.25. The Morgan fingerprint density at radius 3 is 2.58 bits per heavy atom. The molecular formula is C19H22N2O3S2. The lowest BCUT2D eigenvalue weighted by atomic mass is 9.83. The van der Waals surface area contributed by atoms with E-state index in [0.29, 0.717) is 9.77 Å². The number of carbonyl (C=O) groups is 1. The zero-order valence-corrected chi connectivity index (χ0v) is 16.5. The molecule has 0 bridgehead atoms. The summed E-state index contributed by atoms with van der Waals surface area (Å²) in [6, 6.07) is 3.38. The lowest BCUT2D eigenvalue weighted by molar-refractivity contribution is 0.0789. The van der Waals surface area contributed by atoms with E-state index in [1.807, 2.05) is 0 Å². The highest BCUT2D eigenvalue weighted by Crippen LogP contribution is 2.39. The van der Waals surface area contributed by atoms with Crippen molar-refractivity contribution in [1.82, 2.24) is 0 Å². The second kappa shape index (κ2) is 6.48. The van der Waals surface area contributed by atoms with Crippen LogP contribution in [0.5, 0.6) is 0 Å². The van der Waals surface area contributed by atoms with Crippen molar-refractivity contribution in [1.29, 1.82) is 0 Å². The maximum atomic E-state index is 12.4. The number of amides is 2. The molecule has 2 aliphatic carbocycles. The monoisotopic (exact) mass is 390 g/mol. The smallest absolute Gasteiger partial charge is 0.353 e. The Morgan fingerprint density at radius 1 is 1.19 bits per heavy atom. The first-order chi connectivity index (χ1) is 12.3. The molecule has 5 nitrogen and oxygen atoms in total. The second-order valence-corrected chi connectivity index (χ2v) is 9.86. The molecule has 0 fully saturated rings. The van der Waals surface area contributed by atoms with E-state index in [4.69, 9.17) is 0 Å². The van der Waals surface area contributed by atoms with Gasteiger partial charge in [0, 0.05) is 5.69 Å². The fourth-order valence-corrected chi connectivity index (χ4v) is 5.61. The summed E-state index contributed by atoms with van der Waals surface area (Å²) >= 11 is 1.25. The first kappa shape index (κ1) is 17.7. The Morgan fingerprint density at radius 2 is 1.92 bits per heavy atom. The van der Waals surface area contributed by atoms with Crippen molar-refractivity contribution < 1.29 is 14.1 Å². The Bertz CT molecular complexity index is 979. The number of benzene rings is 1. The zero-order valence-electron chi connectivity index (χ0n) is 14.8. The van der Waals surface area contributed by atoms with E-state index >= 15 is 0 Å². The normalized spacial score (nSPS) is 16.7. The van der Waals surface area contributed by atoms with E-state index in [0.717, 1.165) is 37.8 Å². The van der Waals surface area contributed by atoms with Gasteiger partial charge in [-0.05, 0) is 85.2 Å². The molecule has 4 rings (SSSR count). The number of fused-ring (bicyclic) bond motifs is 2. The number of aryl methyl sites for hydroxylation is 2. The van der Waals surface area contributed by atoms with Gasteiger partial charge in [-0.15, -0.1) is 15.7 Å². The van der Waals surface area contributed by atoms with Crippen LogP contribution in [0.1, 0.15) is 48.1 Å². The molecular weight excluding hydrogens is 368 g/mol. The van der Waals surface area contributed by atoms with Gasteiger partial charge in [0.2, 0.25) is 0 Å². The summed E-state index contributed by atoms with van der Waals surface area (Å²) in [4.78, 5) is 12.4. The van der Waals surface area contributed by atoms with Crippen molar-refractivity contribution >= 4 is 33.7 Å². The molecule has 0 radical (unpaired) electrons. The van der Waals surface area contributed by atoms with Crippen LogP contribution in [-0.4, -0.2) is 15.3 Å². The van der Waals surface area contributed by atoms with Crippen LogP contribution in [0.25, 0.3) is 0 Å². The average Bonchev–Trinajstić information content (AvgIpc) is 3.18. The maximum Gasteiger partial charge on any atom is 0.353 e. The number of anilines is 1. The standard InChI is InChI=1S/C19H22N2O3S2/c1-19(2,23)13-9-16(25-10-13)26(24)21-18(22)20-17-14-5-3-4-11(14)8-12-6-7-15(12)17/h8-10,23,26H,3-7H2,1-2H3,(H,20,22). The van der Waals surface area contributed by atoms with Crippen LogP contribution >= 0.6 is 11.3 Å². The number of urea groups is 1. The topological polar surface area (TPSA) is 78.8 Å². The Hall–Kier alpha value is -1.70. The second-order valence-electron chi connectivity index (χ2n) is 7.42. The molecule has 1 heterocycles. The minimum absolute atomic E-state index is 0.499. The lowest BCUT2D eigenvalue weighted by Crippen LogP contribution is -2.18. The molecule has 1 unspecified atom stereocenters. The van der Waals surface area contributed by atoms with Crippen molar-refractivity contribution in [2.24, 2.45) is 4.36 Å². The Kier molecular flexibility index (Phi) is 4.41. The summed E-state index contributed by atoms with van der Waals surface area (Å²) in [6.45, 7) is 3.34. The molecule has 2 amide bonds. The predicted octanol–water partition coefficient (Wildman–Crippen LogP) is 3.82. The molecule has 1 atom stereocenters. The van der Waals surface area contributed by atoms with Crippen LogP contribution in [0.15, 0.2) is 26.1 Å². The fourth-order valence-electron chi connectivity index (χ4n) is 3.60. The van der Waals surface area contributed by atoms with E-state index in [1.165, 1.54) is 33.6 Å². The summed E-state index contributed by atoms with van der Waals surface area (Å²) in [5, 5.41) is 14.7. The first-order valence-electron chi connectivity index (χ1n) is 8.80. The molecule has 2 N–H and O–H groups in total. The predicted molar refractivity (Wildman–Crippen MR) is 105 cm³/mol. The van der Waals surface area contributed by atoms with Crippen LogP contribution in [0, 0.1) is 0 Å². The first-order valence-corrected chi connectivity index (χ1v) is 10.9. The summed E-state index contributed by atoms with van der Waals surface area (Å²) in [6.07, 6.45) is 5.19. The van der Waals surface area contributed by atoms with Crippen molar-refractivity contribution in [2.75, 3.05) is 5.32 Å². The van der Waals surface area contributed by atoms with Gasteiger partial charge < -0.3 is 10.4 Å². The number of thiol groups is 1. The van der Waals surface area contributed by atoms with Gasteiger partial charge in [-0.25, -0.2) is 9.00 Å². The summed E-state index contributed by atoms with van der Waals surface area (Å²) in [5.41, 5.74) is 5.67. The van der Waals surface area contributed by atoms with Crippen molar-refractivity contribution in [2.45, 2.75) is 55.8 Å². The number of nitrogens with one attached hydrogen (secondary N) is 1. The van der Waals surface area contributed by atoms with Gasteiger partial charge in [0.05, 0.1) is 20.4 Å². The molecule has 7 heteroatoms. The SMILES string of the molecule is CC(C)(O)c1csc(/[SH](=O)=N/C(=O)Nc2c3c(cc4c2CC4)CCC3)c1. The highest BCUT2D eigenvalue weighted by atomic mass is 32.2. The van der Waals surface area contributed by atoms with E-state index in [2.05, 4.69) is 15.7 Å². The number of hydrogen-bond donors (Lipinski definition) is 3. The molecule has 1 aromatic carbocycles. The van der Waals surface area contributed by atoms with Crippen molar-refractivity contribution in [3.05, 3.63) is 45.3 Å². The van der Waals surface area contributed by atoms with Crippen LogP contribution in [0.4, 0.5) is 10.5 Å². The summed E-state index contributed by atoms with van der Waals surface area (Å²) in [5.74, 6) is 0. The van der Waals surface area contributed by atoms with Crippen LogP contribution in [0.2, 0.25) is 0 Å². The Labute approximate surface area is 158 Å². The van der Waals surface area contributed by atoms with E-state index in [1.54, 1.807) is 25.3 Å². The van der Waals surface area contributed by atoms with E-state index in [9.17, 15) is 14.1 Å². The fraction of sp³-hybridized carbons (Fsp3) is 0.421.